The van der Waals surface area contributed by atoms with Crippen molar-refractivity contribution in [3.63, 3.8) is 0 Å². The number of nitrogens with zero attached hydrogens (tertiary/aromatic N) is 1. The molecule has 2 heteroatoms. The Labute approximate surface area is 117 Å². The van der Waals surface area contributed by atoms with Crippen LogP contribution in [0.3, 0.4) is 0 Å². The summed E-state index contributed by atoms with van der Waals surface area (Å²) in [6.07, 6.45) is 6.74. The summed E-state index contributed by atoms with van der Waals surface area (Å²) < 4.78 is 0. The molecule has 0 aromatic heterocycles. The number of fused-ring (bicyclic) bond motifs is 1. The molecule has 104 valence electrons. The van der Waals surface area contributed by atoms with E-state index < -0.39 is 0 Å². The van der Waals surface area contributed by atoms with Gasteiger partial charge in [0.2, 0.25) is 0 Å². The smallest absolute Gasteiger partial charge is 0.0402 e. The minimum atomic E-state index is 0.673. The van der Waals surface area contributed by atoms with Gasteiger partial charge >= 0.3 is 0 Å². The molecular weight excluding hydrogens is 232 g/mol. The molecule has 19 heavy (non-hydrogen) atoms. The predicted molar refractivity (Wildman–Crippen MR) is 81.8 cm³/mol. The molecule has 1 aromatic rings. The molecule has 1 aromatic carbocycles. The van der Waals surface area contributed by atoms with E-state index in [0.29, 0.717) is 6.04 Å². The lowest BCUT2D eigenvalue weighted by molar-refractivity contribution is 0.397. The molecule has 3 unspecified atom stereocenters. The van der Waals surface area contributed by atoms with E-state index in [1.54, 1.807) is 0 Å². The molecule has 1 heterocycles. The lowest BCUT2D eigenvalue weighted by Crippen LogP contribution is -2.35. The van der Waals surface area contributed by atoms with E-state index >= 15 is 0 Å². The first-order valence-corrected chi connectivity index (χ1v) is 7.81. The summed E-state index contributed by atoms with van der Waals surface area (Å²) in [5.41, 5.74) is 3.01. The third-order valence-corrected chi connectivity index (χ3v) is 5.12. The first-order valence-electron chi connectivity index (χ1n) is 7.81. The zero-order chi connectivity index (χ0) is 13.2. The molecule has 1 N–H and O–H groups in total. The maximum atomic E-state index is 3.50. The summed E-state index contributed by atoms with van der Waals surface area (Å²) in [7, 11) is 2.12. The van der Waals surface area contributed by atoms with Gasteiger partial charge < -0.3 is 10.2 Å². The number of hydrogen-bond acceptors (Lipinski definition) is 2. The van der Waals surface area contributed by atoms with Gasteiger partial charge in [-0.2, -0.15) is 0 Å². The Morgan fingerprint density at radius 1 is 1.26 bits per heavy atom. The van der Waals surface area contributed by atoms with Crippen LogP contribution < -0.4 is 10.2 Å². The summed E-state index contributed by atoms with van der Waals surface area (Å²) in [5, 5.41) is 3.50. The van der Waals surface area contributed by atoms with Gasteiger partial charge in [0.15, 0.2) is 0 Å². The van der Waals surface area contributed by atoms with E-state index in [1.165, 1.54) is 49.9 Å². The van der Waals surface area contributed by atoms with Gasteiger partial charge in [0.25, 0.3) is 0 Å². The average molecular weight is 258 g/mol. The average Bonchev–Trinajstić information content (AvgIpc) is 2.99. The Morgan fingerprint density at radius 2 is 2.11 bits per heavy atom. The van der Waals surface area contributed by atoms with Crippen LogP contribution in [-0.4, -0.2) is 25.7 Å². The van der Waals surface area contributed by atoms with Crippen molar-refractivity contribution in [2.24, 2.45) is 5.92 Å². The van der Waals surface area contributed by atoms with Gasteiger partial charge in [-0.05, 0) is 57.2 Å². The molecule has 1 saturated carbocycles. The van der Waals surface area contributed by atoms with Crippen LogP contribution in [0, 0.1) is 5.92 Å². The topological polar surface area (TPSA) is 15.3 Å². The molecule has 1 aliphatic carbocycles. The first kappa shape index (κ1) is 13.0. The Morgan fingerprint density at radius 3 is 2.95 bits per heavy atom. The molecule has 3 rings (SSSR count). The van der Waals surface area contributed by atoms with Crippen molar-refractivity contribution >= 4 is 5.69 Å². The molecule has 2 nitrogen and oxygen atoms in total. The summed E-state index contributed by atoms with van der Waals surface area (Å²) >= 11 is 0. The van der Waals surface area contributed by atoms with Crippen LogP contribution in [0.1, 0.15) is 38.2 Å². The van der Waals surface area contributed by atoms with Gasteiger partial charge in [-0.3, -0.25) is 0 Å². The van der Waals surface area contributed by atoms with E-state index in [-0.39, 0.29) is 0 Å². The maximum absolute atomic E-state index is 3.50. The number of benzene rings is 1. The van der Waals surface area contributed by atoms with Gasteiger partial charge in [-0.15, -0.1) is 0 Å². The van der Waals surface area contributed by atoms with Crippen LogP contribution in [-0.2, 0) is 6.42 Å². The molecule has 1 fully saturated rings. The van der Waals surface area contributed by atoms with Gasteiger partial charge in [-0.25, -0.2) is 0 Å². The molecule has 0 saturated heterocycles. The Bertz CT molecular complexity index is 429. The third-order valence-electron chi connectivity index (χ3n) is 5.12. The van der Waals surface area contributed by atoms with Crippen LogP contribution >= 0.6 is 0 Å². The van der Waals surface area contributed by atoms with Crippen molar-refractivity contribution in [2.75, 3.05) is 18.5 Å². The van der Waals surface area contributed by atoms with E-state index in [1.807, 2.05) is 0 Å². The number of anilines is 1. The zero-order valence-electron chi connectivity index (χ0n) is 12.2. The van der Waals surface area contributed by atoms with Gasteiger partial charge in [-0.1, -0.05) is 24.6 Å². The van der Waals surface area contributed by atoms with Crippen molar-refractivity contribution < 1.29 is 0 Å². The third kappa shape index (κ3) is 2.51. The minimum Gasteiger partial charge on any atom is -0.368 e. The fraction of sp³-hybridized carbons (Fsp3) is 0.647. The monoisotopic (exact) mass is 258 g/mol. The second-order valence-corrected chi connectivity index (χ2v) is 6.25. The molecule has 1 aliphatic heterocycles. The predicted octanol–water partition coefficient (Wildman–Crippen LogP) is 3.22. The van der Waals surface area contributed by atoms with Crippen LogP contribution in [0.15, 0.2) is 24.3 Å². The minimum absolute atomic E-state index is 0.673. The van der Waals surface area contributed by atoms with Crippen LogP contribution in [0.4, 0.5) is 5.69 Å². The molecular formula is C17H26N2. The highest BCUT2D eigenvalue weighted by molar-refractivity contribution is 5.59. The normalized spacial score (nSPS) is 29.8. The molecule has 0 amide bonds. The zero-order valence-corrected chi connectivity index (χ0v) is 12.2. The van der Waals surface area contributed by atoms with Gasteiger partial charge in [0, 0.05) is 24.3 Å². The quantitative estimate of drug-likeness (QED) is 0.892. The fourth-order valence-electron chi connectivity index (χ4n) is 4.04. The molecule has 0 radical (unpaired) electrons. The standard InChI is InChI=1S/C17H26N2/c1-13-12-15-6-3-4-9-17(15)19(13)11-10-14-7-5-8-16(14)18-2/h3-4,6,9,13-14,16,18H,5,7-8,10-12H2,1-2H3. The Balaban J connectivity index is 1.64. The SMILES string of the molecule is CNC1CCCC1CCN1c2ccccc2CC1C. The molecule has 0 spiro atoms. The highest BCUT2D eigenvalue weighted by atomic mass is 15.2. The largest absolute Gasteiger partial charge is 0.368 e. The summed E-state index contributed by atoms with van der Waals surface area (Å²) in [5.74, 6) is 0.880. The summed E-state index contributed by atoms with van der Waals surface area (Å²) in [6.45, 7) is 3.59. The van der Waals surface area contributed by atoms with Crippen molar-refractivity contribution in [1.82, 2.24) is 5.32 Å². The number of nitrogens with one attached hydrogen (secondary N) is 1. The van der Waals surface area contributed by atoms with Crippen LogP contribution in [0.25, 0.3) is 0 Å². The maximum Gasteiger partial charge on any atom is 0.0402 e. The van der Waals surface area contributed by atoms with Crippen LogP contribution in [0.2, 0.25) is 0 Å². The fourth-order valence-corrected chi connectivity index (χ4v) is 4.04. The summed E-state index contributed by atoms with van der Waals surface area (Å²) in [4.78, 5) is 2.63. The second kappa shape index (κ2) is 5.54. The Kier molecular flexibility index (Phi) is 3.79. The molecule has 0 bridgehead atoms. The highest BCUT2D eigenvalue weighted by Crippen LogP contribution is 2.34. The number of para-hydroxylation sites is 1. The van der Waals surface area contributed by atoms with E-state index in [4.69, 9.17) is 0 Å². The Hall–Kier alpha value is -1.02. The van der Waals surface area contributed by atoms with E-state index in [2.05, 4.69) is 48.5 Å². The lowest BCUT2D eigenvalue weighted by Gasteiger charge is -2.28. The van der Waals surface area contributed by atoms with Crippen molar-refractivity contribution in [2.45, 2.75) is 51.1 Å². The van der Waals surface area contributed by atoms with E-state index in [9.17, 15) is 0 Å². The van der Waals surface area contributed by atoms with E-state index in [0.717, 1.165) is 12.0 Å². The van der Waals surface area contributed by atoms with Crippen LogP contribution in [0.5, 0.6) is 0 Å². The first-order chi connectivity index (χ1) is 9.29. The van der Waals surface area contributed by atoms with Crippen molar-refractivity contribution in [1.29, 1.82) is 0 Å². The van der Waals surface area contributed by atoms with Crippen molar-refractivity contribution in [3.8, 4) is 0 Å². The number of hydrogen-bond donors (Lipinski definition) is 1. The number of rotatable bonds is 4. The highest BCUT2D eigenvalue weighted by Gasteiger charge is 2.29. The van der Waals surface area contributed by atoms with Gasteiger partial charge in [0.05, 0.1) is 0 Å². The van der Waals surface area contributed by atoms with Gasteiger partial charge in [0.1, 0.15) is 0 Å². The summed E-state index contributed by atoms with van der Waals surface area (Å²) in [6, 6.07) is 10.4. The van der Waals surface area contributed by atoms with Crippen molar-refractivity contribution in [3.05, 3.63) is 29.8 Å². The molecule has 3 atom stereocenters. The lowest BCUT2D eigenvalue weighted by atomic mass is 9.99. The second-order valence-electron chi connectivity index (χ2n) is 6.25. The molecule has 2 aliphatic rings.